The molecule has 3 aromatic carbocycles. The fraction of sp³-hybridized carbons (Fsp3) is 0.154. The summed E-state index contributed by atoms with van der Waals surface area (Å²) in [4.78, 5) is 20.0. The molecule has 0 atom stereocenters. The molecule has 1 aliphatic rings. The van der Waals surface area contributed by atoms with Gasteiger partial charge in [-0.15, -0.1) is 0 Å². The molecule has 0 saturated carbocycles. The van der Waals surface area contributed by atoms with Gasteiger partial charge in [0.25, 0.3) is 5.91 Å². The van der Waals surface area contributed by atoms with Gasteiger partial charge in [-0.3, -0.25) is 9.69 Å². The average molecular weight is 479 g/mol. The number of likely N-dealkylation sites (N-methyl/N-ethyl adjacent to an activating group) is 1. The summed E-state index contributed by atoms with van der Waals surface area (Å²) in [6, 6.07) is 22.6. The molecule has 0 bridgehead atoms. The van der Waals surface area contributed by atoms with E-state index in [0.29, 0.717) is 34.0 Å². The predicted molar refractivity (Wildman–Crippen MR) is 135 cm³/mol. The molecule has 168 valence electrons. The zero-order chi connectivity index (χ0) is 23.2. The molecular formula is C26H23ClN2O3S. The number of aliphatic imine (C=N–C) groups is 1. The number of rotatable bonds is 7. The molecule has 1 aliphatic heterocycles. The third kappa shape index (κ3) is 5.59. The Kier molecular flexibility index (Phi) is 7.37. The van der Waals surface area contributed by atoms with E-state index >= 15 is 0 Å². The molecular weight excluding hydrogens is 456 g/mol. The van der Waals surface area contributed by atoms with Crippen molar-refractivity contribution in [1.29, 1.82) is 0 Å². The van der Waals surface area contributed by atoms with Gasteiger partial charge in [0.1, 0.15) is 18.1 Å². The zero-order valence-electron chi connectivity index (χ0n) is 18.3. The van der Waals surface area contributed by atoms with E-state index in [-0.39, 0.29) is 5.91 Å². The number of nitrogens with zero attached hydrogens (tertiary/aromatic N) is 2. The summed E-state index contributed by atoms with van der Waals surface area (Å²) in [5, 5.41) is 1.34. The van der Waals surface area contributed by atoms with Crippen molar-refractivity contribution >= 4 is 46.2 Å². The van der Waals surface area contributed by atoms with Crippen LogP contribution in [0.5, 0.6) is 11.5 Å². The smallest absolute Gasteiger partial charge is 0.266 e. The summed E-state index contributed by atoms with van der Waals surface area (Å²) in [5.41, 5.74) is 2.61. The highest BCUT2D eigenvalue weighted by Crippen LogP contribution is 2.35. The molecule has 4 rings (SSSR count). The van der Waals surface area contributed by atoms with Gasteiger partial charge in [0.05, 0.1) is 17.7 Å². The normalized spacial score (nSPS) is 16.0. The monoisotopic (exact) mass is 478 g/mol. The molecule has 1 heterocycles. The summed E-state index contributed by atoms with van der Waals surface area (Å²) in [5.74, 6) is 1.40. The maximum atomic E-state index is 13.0. The Morgan fingerprint density at radius 2 is 1.76 bits per heavy atom. The van der Waals surface area contributed by atoms with Gasteiger partial charge in [-0.05, 0) is 72.8 Å². The Hall–Kier alpha value is -3.22. The Labute approximate surface area is 202 Å². The summed E-state index contributed by atoms with van der Waals surface area (Å²) < 4.78 is 11.2. The lowest BCUT2D eigenvalue weighted by atomic mass is 10.1. The van der Waals surface area contributed by atoms with Gasteiger partial charge in [-0.1, -0.05) is 41.9 Å². The first-order chi connectivity index (χ1) is 16.1. The van der Waals surface area contributed by atoms with Gasteiger partial charge in [0, 0.05) is 17.1 Å². The highest BCUT2D eigenvalue weighted by Gasteiger charge is 2.32. The summed E-state index contributed by atoms with van der Waals surface area (Å²) in [6.45, 7) is 2.88. The lowest BCUT2D eigenvalue weighted by molar-refractivity contribution is -0.122. The predicted octanol–water partition coefficient (Wildman–Crippen LogP) is 6.55. The third-order valence-electron chi connectivity index (χ3n) is 5.01. The average Bonchev–Trinajstić information content (AvgIpc) is 3.13. The largest absolute Gasteiger partial charge is 0.497 e. The highest BCUT2D eigenvalue weighted by atomic mass is 35.5. The van der Waals surface area contributed by atoms with E-state index < -0.39 is 0 Å². The number of carbonyl (C=O) groups is 1. The van der Waals surface area contributed by atoms with Crippen molar-refractivity contribution in [3.8, 4) is 11.5 Å². The van der Waals surface area contributed by atoms with Crippen LogP contribution in [0.25, 0.3) is 6.08 Å². The number of hydrogen-bond acceptors (Lipinski definition) is 5. The fourth-order valence-corrected chi connectivity index (χ4v) is 4.43. The topological polar surface area (TPSA) is 51.1 Å². The number of halogens is 1. The molecule has 3 aromatic rings. The number of amides is 1. The molecule has 1 amide bonds. The SMILES string of the molecule is CCN1C(=O)/C(=C\c2ccccc2OCc2ccc(Cl)cc2)SC1=Nc1ccc(OC)cc1. The van der Waals surface area contributed by atoms with E-state index in [1.807, 2.05) is 85.8 Å². The van der Waals surface area contributed by atoms with Crippen molar-refractivity contribution in [2.24, 2.45) is 4.99 Å². The van der Waals surface area contributed by atoms with Crippen LogP contribution in [0.3, 0.4) is 0 Å². The Morgan fingerprint density at radius 3 is 2.45 bits per heavy atom. The molecule has 0 spiro atoms. The van der Waals surface area contributed by atoms with E-state index in [9.17, 15) is 4.79 Å². The molecule has 0 unspecified atom stereocenters. The van der Waals surface area contributed by atoms with Crippen molar-refractivity contribution in [2.75, 3.05) is 13.7 Å². The van der Waals surface area contributed by atoms with Crippen molar-refractivity contribution in [3.63, 3.8) is 0 Å². The lowest BCUT2D eigenvalue weighted by Crippen LogP contribution is -2.28. The molecule has 0 aromatic heterocycles. The minimum absolute atomic E-state index is 0.0673. The van der Waals surface area contributed by atoms with E-state index in [2.05, 4.69) is 4.99 Å². The van der Waals surface area contributed by atoms with Crippen molar-refractivity contribution in [3.05, 3.63) is 93.9 Å². The first-order valence-corrected chi connectivity index (χ1v) is 11.7. The van der Waals surface area contributed by atoms with E-state index in [0.717, 1.165) is 22.6 Å². The quantitative estimate of drug-likeness (QED) is 0.361. The van der Waals surface area contributed by atoms with Crippen LogP contribution in [0.15, 0.2) is 82.7 Å². The van der Waals surface area contributed by atoms with Gasteiger partial charge in [0.2, 0.25) is 0 Å². The number of carbonyl (C=O) groups excluding carboxylic acids is 1. The van der Waals surface area contributed by atoms with Gasteiger partial charge >= 0.3 is 0 Å². The molecule has 7 heteroatoms. The van der Waals surface area contributed by atoms with Gasteiger partial charge in [0.15, 0.2) is 5.17 Å². The number of amidine groups is 1. The molecule has 0 radical (unpaired) electrons. The lowest BCUT2D eigenvalue weighted by Gasteiger charge is -2.12. The van der Waals surface area contributed by atoms with Crippen molar-refractivity contribution in [1.82, 2.24) is 4.90 Å². The Bertz CT molecular complexity index is 1190. The van der Waals surface area contributed by atoms with Crippen LogP contribution in [-0.4, -0.2) is 29.6 Å². The molecule has 33 heavy (non-hydrogen) atoms. The second-order valence-corrected chi connectivity index (χ2v) is 8.65. The van der Waals surface area contributed by atoms with Gasteiger partial charge in [-0.2, -0.15) is 0 Å². The van der Waals surface area contributed by atoms with Crippen LogP contribution >= 0.6 is 23.4 Å². The second kappa shape index (κ2) is 10.6. The number of methoxy groups -OCH3 is 1. The zero-order valence-corrected chi connectivity index (χ0v) is 19.9. The number of thioether (sulfide) groups is 1. The number of hydrogen-bond donors (Lipinski definition) is 0. The first-order valence-electron chi connectivity index (χ1n) is 10.5. The standard InChI is InChI=1S/C26H23ClN2O3S/c1-3-29-25(30)24(33-26(29)28-21-12-14-22(31-2)15-13-21)16-19-6-4-5-7-23(19)32-17-18-8-10-20(27)11-9-18/h4-16H,3,17H2,1-2H3/b24-16+,28-26?. The van der Waals surface area contributed by atoms with Crippen molar-refractivity contribution < 1.29 is 14.3 Å². The molecule has 0 N–H and O–H groups in total. The highest BCUT2D eigenvalue weighted by molar-refractivity contribution is 8.18. The van der Waals surface area contributed by atoms with Crippen LogP contribution in [0.2, 0.25) is 5.02 Å². The summed E-state index contributed by atoms with van der Waals surface area (Å²) in [7, 11) is 1.62. The molecule has 1 saturated heterocycles. The van der Waals surface area contributed by atoms with Crippen LogP contribution in [-0.2, 0) is 11.4 Å². The molecule has 1 fully saturated rings. The maximum Gasteiger partial charge on any atom is 0.266 e. The Balaban J connectivity index is 1.56. The summed E-state index contributed by atoms with van der Waals surface area (Å²) in [6.07, 6.45) is 1.86. The number of ether oxygens (including phenoxy) is 2. The van der Waals surface area contributed by atoms with E-state index in [4.69, 9.17) is 21.1 Å². The Morgan fingerprint density at radius 1 is 1.03 bits per heavy atom. The number of para-hydroxylation sites is 1. The van der Waals surface area contributed by atoms with Gasteiger partial charge < -0.3 is 9.47 Å². The molecule has 0 aliphatic carbocycles. The van der Waals surface area contributed by atoms with Gasteiger partial charge in [-0.25, -0.2) is 4.99 Å². The summed E-state index contributed by atoms with van der Waals surface area (Å²) >= 11 is 7.32. The van der Waals surface area contributed by atoms with Crippen LogP contribution < -0.4 is 9.47 Å². The van der Waals surface area contributed by atoms with Crippen LogP contribution in [0, 0.1) is 0 Å². The molecule has 5 nitrogen and oxygen atoms in total. The second-order valence-electron chi connectivity index (χ2n) is 7.21. The minimum Gasteiger partial charge on any atom is -0.497 e. The minimum atomic E-state index is -0.0673. The fourth-order valence-electron chi connectivity index (χ4n) is 3.25. The maximum absolute atomic E-state index is 13.0. The van der Waals surface area contributed by atoms with E-state index in [1.54, 1.807) is 12.0 Å². The van der Waals surface area contributed by atoms with E-state index in [1.165, 1.54) is 11.8 Å². The van der Waals surface area contributed by atoms with Crippen LogP contribution in [0.1, 0.15) is 18.1 Å². The third-order valence-corrected chi connectivity index (χ3v) is 6.27. The number of benzene rings is 3. The van der Waals surface area contributed by atoms with Crippen LogP contribution in [0.4, 0.5) is 5.69 Å². The first kappa shape index (κ1) is 23.0. The van der Waals surface area contributed by atoms with Crippen molar-refractivity contribution in [2.45, 2.75) is 13.5 Å².